The Kier molecular flexibility index (Phi) is 4.34. The Balaban J connectivity index is 2.42. The molecule has 0 amide bonds. The molecule has 21 heavy (non-hydrogen) atoms. The maximum absolute atomic E-state index is 13.7. The quantitative estimate of drug-likeness (QED) is 0.875. The van der Waals surface area contributed by atoms with E-state index in [4.69, 9.17) is 0 Å². The molecule has 7 heteroatoms. The second-order valence-electron chi connectivity index (χ2n) is 4.60. The van der Waals surface area contributed by atoms with Crippen molar-refractivity contribution in [3.63, 3.8) is 0 Å². The van der Waals surface area contributed by atoms with Crippen molar-refractivity contribution in [1.82, 2.24) is 0 Å². The monoisotopic (exact) mass is 375 g/mol. The molecule has 0 radical (unpaired) electrons. The van der Waals surface area contributed by atoms with Crippen molar-refractivity contribution in [3.05, 3.63) is 57.6 Å². The lowest BCUT2D eigenvalue weighted by molar-refractivity contribution is 0.590. The highest BCUT2D eigenvalue weighted by atomic mass is 79.9. The van der Waals surface area contributed by atoms with Gasteiger partial charge in [-0.05, 0) is 49.2 Å². The molecular formula is C14H12BrF2NO2S. The lowest BCUT2D eigenvalue weighted by atomic mass is 10.2. The standard InChI is InChI=1S/C14H12BrF2NO2S/c1-8-5-10(3-4-11(8)15)21(19,20)18-14-7-12(16)9(2)6-13(14)17/h3-7,18H,1-2H3. The Morgan fingerprint density at radius 3 is 2.29 bits per heavy atom. The third kappa shape index (κ3) is 3.41. The van der Waals surface area contributed by atoms with E-state index in [0.29, 0.717) is 5.56 Å². The van der Waals surface area contributed by atoms with Gasteiger partial charge < -0.3 is 0 Å². The highest BCUT2D eigenvalue weighted by Gasteiger charge is 2.18. The summed E-state index contributed by atoms with van der Waals surface area (Å²) in [6.45, 7) is 3.13. The molecule has 112 valence electrons. The van der Waals surface area contributed by atoms with Crippen LogP contribution in [0.3, 0.4) is 0 Å². The van der Waals surface area contributed by atoms with E-state index in [2.05, 4.69) is 20.7 Å². The third-order valence-electron chi connectivity index (χ3n) is 2.93. The van der Waals surface area contributed by atoms with Gasteiger partial charge in [0.2, 0.25) is 0 Å². The minimum Gasteiger partial charge on any atom is -0.277 e. The molecule has 0 unspecified atom stereocenters. The Morgan fingerprint density at radius 2 is 1.67 bits per heavy atom. The van der Waals surface area contributed by atoms with Crippen molar-refractivity contribution in [2.24, 2.45) is 0 Å². The Hall–Kier alpha value is -1.47. The Labute approximate surface area is 130 Å². The van der Waals surface area contributed by atoms with E-state index >= 15 is 0 Å². The molecule has 1 N–H and O–H groups in total. The van der Waals surface area contributed by atoms with Gasteiger partial charge in [-0.3, -0.25) is 4.72 Å². The summed E-state index contributed by atoms with van der Waals surface area (Å²) in [5, 5.41) is 0. The van der Waals surface area contributed by atoms with Crippen LogP contribution in [0.25, 0.3) is 0 Å². The van der Waals surface area contributed by atoms with Gasteiger partial charge in [-0.15, -0.1) is 0 Å². The van der Waals surface area contributed by atoms with Gasteiger partial charge in [0, 0.05) is 10.5 Å². The fourth-order valence-electron chi connectivity index (χ4n) is 1.71. The number of anilines is 1. The first-order valence-corrected chi connectivity index (χ1v) is 8.23. The first-order chi connectivity index (χ1) is 9.70. The van der Waals surface area contributed by atoms with E-state index in [1.165, 1.54) is 19.1 Å². The van der Waals surface area contributed by atoms with Gasteiger partial charge in [-0.25, -0.2) is 17.2 Å². The largest absolute Gasteiger partial charge is 0.277 e. The van der Waals surface area contributed by atoms with Crippen molar-refractivity contribution in [2.75, 3.05) is 4.72 Å². The molecule has 2 aromatic rings. The van der Waals surface area contributed by atoms with Crippen LogP contribution >= 0.6 is 15.9 Å². The summed E-state index contributed by atoms with van der Waals surface area (Å²) < 4.78 is 54.4. The van der Waals surface area contributed by atoms with E-state index in [-0.39, 0.29) is 10.5 Å². The molecule has 0 bridgehead atoms. The van der Waals surface area contributed by atoms with Gasteiger partial charge in [-0.1, -0.05) is 15.9 Å². The van der Waals surface area contributed by atoms with Gasteiger partial charge in [0.1, 0.15) is 11.6 Å². The van der Waals surface area contributed by atoms with Gasteiger partial charge in [-0.2, -0.15) is 0 Å². The molecule has 0 aromatic heterocycles. The van der Waals surface area contributed by atoms with Gasteiger partial charge in [0.05, 0.1) is 10.6 Å². The molecule has 2 rings (SSSR count). The Bertz CT molecular complexity index is 807. The molecule has 0 saturated carbocycles. The maximum Gasteiger partial charge on any atom is 0.261 e. The zero-order valence-electron chi connectivity index (χ0n) is 11.2. The number of nitrogens with one attached hydrogen (secondary N) is 1. The lowest BCUT2D eigenvalue weighted by Crippen LogP contribution is -2.14. The predicted octanol–water partition coefficient (Wildman–Crippen LogP) is 4.14. The van der Waals surface area contributed by atoms with E-state index in [0.717, 1.165) is 16.6 Å². The molecule has 2 aromatic carbocycles. The normalized spacial score (nSPS) is 11.5. The number of sulfonamides is 1. The van der Waals surface area contributed by atoms with Gasteiger partial charge >= 0.3 is 0 Å². The number of hydrogen-bond donors (Lipinski definition) is 1. The fraction of sp³-hybridized carbons (Fsp3) is 0.143. The molecule has 0 aliphatic rings. The van der Waals surface area contributed by atoms with Crippen LogP contribution in [0.4, 0.5) is 14.5 Å². The van der Waals surface area contributed by atoms with Crippen molar-refractivity contribution in [1.29, 1.82) is 0 Å². The minimum atomic E-state index is -3.98. The molecule has 0 fully saturated rings. The number of halogens is 3. The third-order valence-corrected chi connectivity index (χ3v) is 5.19. The van der Waals surface area contributed by atoms with Gasteiger partial charge in [0.15, 0.2) is 0 Å². The van der Waals surface area contributed by atoms with E-state index in [1.54, 1.807) is 13.0 Å². The van der Waals surface area contributed by atoms with Crippen LogP contribution in [0.2, 0.25) is 0 Å². The molecule has 0 spiro atoms. The number of aryl methyl sites for hydroxylation is 2. The summed E-state index contributed by atoms with van der Waals surface area (Å²) in [5.74, 6) is -1.51. The summed E-state index contributed by atoms with van der Waals surface area (Å²) >= 11 is 3.27. The van der Waals surface area contributed by atoms with E-state index < -0.39 is 27.3 Å². The summed E-state index contributed by atoms with van der Waals surface area (Å²) in [6.07, 6.45) is 0. The number of benzene rings is 2. The van der Waals surface area contributed by atoms with E-state index in [1.807, 2.05) is 0 Å². The minimum absolute atomic E-state index is 0.0245. The highest BCUT2D eigenvalue weighted by molar-refractivity contribution is 9.10. The van der Waals surface area contributed by atoms with Crippen LogP contribution in [0.1, 0.15) is 11.1 Å². The van der Waals surface area contributed by atoms with Gasteiger partial charge in [0.25, 0.3) is 10.0 Å². The first kappa shape index (κ1) is 15.9. The second kappa shape index (κ2) is 5.73. The van der Waals surface area contributed by atoms with Crippen molar-refractivity contribution in [3.8, 4) is 0 Å². The smallest absolute Gasteiger partial charge is 0.261 e. The molecule has 3 nitrogen and oxygen atoms in total. The molecule has 0 atom stereocenters. The Morgan fingerprint density at radius 1 is 1.00 bits per heavy atom. The van der Waals surface area contributed by atoms with Crippen LogP contribution < -0.4 is 4.72 Å². The summed E-state index contributed by atoms with van der Waals surface area (Å²) in [5.41, 5.74) is 0.405. The zero-order chi connectivity index (χ0) is 15.8. The van der Waals surface area contributed by atoms with Crippen LogP contribution in [0, 0.1) is 25.5 Å². The van der Waals surface area contributed by atoms with Crippen molar-refractivity contribution >= 4 is 31.6 Å². The van der Waals surface area contributed by atoms with Crippen LogP contribution in [-0.2, 0) is 10.0 Å². The molecule has 0 heterocycles. The first-order valence-electron chi connectivity index (χ1n) is 5.95. The summed E-state index contributed by atoms with van der Waals surface area (Å²) in [4.78, 5) is -0.0245. The summed E-state index contributed by atoms with van der Waals surface area (Å²) in [7, 11) is -3.98. The second-order valence-corrected chi connectivity index (χ2v) is 7.13. The predicted molar refractivity (Wildman–Crippen MR) is 80.8 cm³/mol. The van der Waals surface area contributed by atoms with Crippen LogP contribution in [0.15, 0.2) is 39.7 Å². The average molecular weight is 376 g/mol. The lowest BCUT2D eigenvalue weighted by Gasteiger charge is -2.11. The topological polar surface area (TPSA) is 46.2 Å². The number of rotatable bonds is 3. The van der Waals surface area contributed by atoms with Crippen LogP contribution in [0.5, 0.6) is 0 Å². The molecule has 0 aliphatic carbocycles. The molecule has 0 aliphatic heterocycles. The van der Waals surface area contributed by atoms with Crippen molar-refractivity contribution < 1.29 is 17.2 Å². The van der Waals surface area contributed by atoms with Crippen LogP contribution in [-0.4, -0.2) is 8.42 Å². The molecular weight excluding hydrogens is 364 g/mol. The highest BCUT2D eigenvalue weighted by Crippen LogP contribution is 2.24. The fourth-order valence-corrected chi connectivity index (χ4v) is 3.10. The SMILES string of the molecule is Cc1cc(F)c(NS(=O)(=O)c2ccc(Br)c(C)c2)cc1F. The maximum atomic E-state index is 13.7. The summed E-state index contributed by atoms with van der Waals surface area (Å²) in [6, 6.07) is 6.17. The molecule has 0 saturated heterocycles. The van der Waals surface area contributed by atoms with E-state index in [9.17, 15) is 17.2 Å². The number of hydrogen-bond acceptors (Lipinski definition) is 2. The van der Waals surface area contributed by atoms with Crippen molar-refractivity contribution in [2.45, 2.75) is 18.7 Å². The zero-order valence-corrected chi connectivity index (χ0v) is 13.6. The average Bonchev–Trinajstić information content (AvgIpc) is 2.39.